The smallest absolute Gasteiger partial charge is 0.416 e. The highest BCUT2D eigenvalue weighted by Crippen LogP contribution is 2.51. The van der Waals surface area contributed by atoms with Crippen molar-refractivity contribution in [1.82, 2.24) is 9.80 Å². The number of piperazine rings is 1. The molecule has 1 aromatic heterocycles. The number of ether oxygens (including phenoxy) is 2. The molecule has 1 fully saturated rings. The largest absolute Gasteiger partial charge is 0.508 e. The molecular formula is C48H54Cl2F3N3O7S. The number of hydrogen-bond donors (Lipinski definition) is 3. The van der Waals surface area contributed by atoms with Gasteiger partial charge in [-0.1, -0.05) is 47.7 Å². The molecule has 64 heavy (non-hydrogen) atoms. The summed E-state index contributed by atoms with van der Waals surface area (Å²) in [5.41, 5.74) is 2.86. The molecule has 3 aliphatic rings. The summed E-state index contributed by atoms with van der Waals surface area (Å²) in [6, 6.07) is 17.9. The van der Waals surface area contributed by atoms with Gasteiger partial charge in [0.05, 0.1) is 36.2 Å². The summed E-state index contributed by atoms with van der Waals surface area (Å²) in [5.74, 6) is 0.778. The first-order valence-corrected chi connectivity index (χ1v) is 21.4. The lowest BCUT2D eigenvalue weighted by molar-refractivity contribution is -0.137. The third-order valence-electron chi connectivity index (χ3n) is 11.1. The molecule has 4 heterocycles. The molecule has 8 rings (SSSR count). The number of fused-ring (bicyclic) bond motifs is 5. The van der Waals surface area contributed by atoms with Crippen molar-refractivity contribution in [2.24, 2.45) is 0 Å². The number of alkyl halides is 3. The predicted molar refractivity (Wildman–Crippen MR) is 253 cm³/mol. The highest BCUT2D eigenvalue weighted by Gasteiger charge is 2.34. The maximum absolute atomic E-state index is 13.3. The summed E-state index contributed by atoms with van der Waals surface area (Å²) >= 11 is 1.53. The van der Waals surface area contributed by atoms with Crippen LogP contribution in [0.4, 0.5) is 24.5 Å². The number of phenolic OH excluding ortho intramolecular Hbond substituents is 1. The van der Waals surface area contributed by atoms with Crippen LogP contribution in [-0.2, 0) is 12.6 Å². The predicted octanol–water partition coefficient (Wildman–Crippen LogP) is 10.7. The lowest BCUT2D eigenvalue weighted by Gasteiger charge is -2.36. The van der Waals surface area contributed by atoms with Crippen molar-refractivity contribution in [3.05, 3.63) is 112 Å². The highest BCUT2D eigenvalue weighted by atomic mass is 35.5. The van der Waals surface area contributed by atoms with E-state index in [1.54, 1.807) is 18.2 Å². The molecule has 5 aromatic rings. The van der Waals surface area contributed by atoms with Gasteiger partial charge in [-0.15, -0.1) is 24.8 Å². The number of benzene rings is 4. The Hall–Kier alpha value is -4.83. The van der Waals surface area contributed by atoms with Gasteiger partial charge in [-0.05, 0) is 107 Å². The van der Waals surface area contributed by atoms with Crippen molar-refractivity contribution in [3.63, 3.8) is 0 Å². The number of para-hydroxylation sites is 1. The second-order valence-corrected chi connectivity index (χ2v) is 17.4. The van der Waals surface area contributed by atoms with Crippen LogP contribution < -0.4 is 20.0 Å². The van der Waals surface area contributed by atoms with Crippen LogP contribution in [0, 0.1) is 0 Å². The van der Waals surface area contributed by atoms with E-state index in [1.807, 2.05) is 69.0 Å². The number of rotatable bonds is 10. The fourth-order valence-corrected chi connectivity index (χ4v) is 9.05. The number of anilines is 2. The lowest BCUT2D eigenvalue weighted by atomic mass is 9.93. The number of aliphatic hydroxyl groups is 1. The number of aliphatic hydroxyl groups excluding tert-OH is 1. The monoisotopic (exact) mass is 943 g/mol. The summed E-state index contributed by atoms with van der Waals surface area (Å²) in [5, 5.41) is 30.3. The van der Waals surface area contributed by atoms with Crippen molar-refractivity contribution in [2.75, 3.05) is 64.4 Å². The Labute approximate surface area is 387 Å². The second kappa shape index (κ2) is 21.0. The number of methoxy groups -OCH3 is 1. The number of nitrogens with zero attached hydrogens (tertiary/aromatic N) is 3. The Kier molecular flexibility index (Phi) is 16.5. The summed E-state index contributed by atoms with van der Waals surface area (Å²) in [6.45, 7) is 14.2. The molecule has 1 saturated heterocycles. The fraction of sp³-hybridized carbons (Fsp3) is 0.354. The quantitative estimate of drug-likeness (QED) is 0.0917. The van der Waals surface area contributed by atoms with Crippen LogP contribution in [-0.4, -0.2) is 90.3 Å². The van der Waals surface area contributed by atoms with Crippen molar-refractivity contribution in [2.45, 2.75) is 62.1 Å². The normalized spacial score (nSPS) is 15.3. The van der Waals surface area contributed by atoms with E-state index in [1.165, 1.54) is 43.1 Å². The van der Waals surface area contributed by atoms with Gasteiger partial charge in [0.2, 0.25) is 0 Å². The van der Waals surface area contributed by atoms with Crippen molar-refractivity contribution >= 4 is 65.0 Å². The standard InChI is InChI=1S/C26H26O6.C22H26F3N3OS.2ClH/c1-14(2)6-11-17-22-18(12-13-26(3,4)32-22)24-20(23(17)30-5)21(28)19(25(29)31-24)15-7-9-16(27)10-8-15;23-22(24,25)17-6-7-21-19(16-17)28(18-4-1-2-5-20(18)30-21)9-3-8-26-10-12-27(13-11-26)14-15-29;;/h6-10,12-13,27-28H,11H2,1-5H3;1-2,4-7,16,29H,3,8-15H2;2*1H. The molecule has 0 atom stereocenters. The zero-order chi connectivity index (χ0) is 44.3. The molecular weight excluding hydrogens is 891 g/mol. The van der Waals surface area contributed by atoms with Gasteiger partial charge in [0.25, 0.3) is 0 Å². The maximum atomic E-state index is 13.3. The number of allylic oxidation sites excluding steroid dienone is 2. The van der Waals surface area contributed by atoms with E-state index in [9.17, 15) is 28.2 Å². The van der Waals surface area contributed by atoms with E-state index in [-0.39, 0.29) is 54.1 Å². The van der Waals surface area contributed by atoms with E-state index in [4.69, 9.17) is 19.0 Å². The Morgan fingerprint density at radius 2 is 1.56 bits per heavy atom. The molecule has 0 saturated carbocycles. The van der Waals surface area contributed by atoms with Gasteiger partial charge in [0.1, 0.15) is 39.5 Å². The molecule has 0 spiro atoms. The van der Waals surface area contributed by atoms with Crippen LogP contribution in [0.5, 0.6) is 23.0 Å². The Morgan fingerprint density at radius 3 is 2.20 bits per heavy atom. The molecule has 3 aliphatic heterocycles. The molecule has 10 nitrogen and oxygen atoms in total. The molecule has 4 aromatic carbocycles. The minimum absolute atomic E-state index is 0. The van der Waals surface area contributed by atoms with Crippen LogP contribution in [0.1, 0.15) is 50.8 Å². The summed E-state index contributed by atoms with van der Waals surface area (Å²) in [6.07, 6.45) is 2.83. The Bertz CT molecular complexity index is 2550. The van der Waals surface area contributed by atoms with E-state index in [0.29, 0.717) is 53.2 Å². The minimum atomic E-state index is -4.35. The highest BCUT2D eigenvalue weighted by molar-refractivity contribution is 7.99. The van der Waals surface area contributed by atoms with Crippen LogP contribution in [0.25, 0.3) is 28.2 Å². The summed E-state index contributed by atoms with van der Waals surface area (Å²) in [4.78, 5) is 21.6. The van der Waals surface area contributed by atoms with Crippen molar-refractivity contribution < 1.29 is 42.4 Å². The zero-order valence-electron chi connectivity index (χ0n) is 36.3. The zero-order valence-corrected chi connectivity index (χ0v) is 38.8. The number of halogens is 5. The van der Waals surface area contributed by atoms with Crippen LogP contribution >= 0.6 is 36.6 Å². The Morgan fingerprint density at radius 1 is 0.906 bits per heavy atom. The topological polar surface area (TPSA) is 119 Å². The molecule has 16 heteroatoms. The fourth-order valence-electron chi connectivity index (χ4n) is 7.97. The number of β-amino-alcohol motifs (C(OH)–C–C–N with tert-alkyl or cyclic N) is 1. The van der Waals surface area contributed by atoms with Gasteiger partial charge in [-0.3, -0.25) is 4.90 Å². The van der Waals surface area contributed by atoms with Gasteiger partial charge in [0.15, 0.2) is 5.58 Å². The molecule has 0 aliphatic carbocycles. The molecule has 0 radical (unpaired) electrons. The third-order valence-corrected chi connectivity index (χ3v) is 12.3. The first-order chi connectivity index (χ1) is 29.6. The van der Waals surface area contributed by atoms with Crippen molar-refractivity contribution in [1.29, 1.82) is 0 Å². The van der Waals surface area contributed by atoms with Crippen molar-refractivity contribution in [3.8, 4) is 34.1 Å². The molecule has 0 amide bonds. The van der Waals surface area contributed by atoms with Crippen LogP contribution in [0.2, 0.25) is 0 Å². The van der Waals surface area contributed by atoms with E-state index >= 15 is 0 Å². The summed E-state index contributed by atoms with van der Waals surface area (Å²) in [7, 11) is 1.52. The van der Waals surface area contributed by atoms with E-state index < -0.39 is 23.0 Å². The molecule has 0 bridgehead atoms. The summed E-state index contributed by atoms with van der Waals surface area (Å²) < 4.78 is 57.7. The second-order valence-electron chi connectivity index (χ2n) is 16.3. The molecule has 3 N–H and O–H groups in total. The first kappa shape index (κ1) is 50.2. The maximum Gasteiger partial charge on any atom is 0.416 e. The SMILES string of the molecule is COc1c(CC=C(C)C)c2c(c3oc(=O)c(-c4ccc(O)cc4)c(O)c13)C=CC(C)(C)O2.Cl.Cl.OCCN1CCN(CCCN2c3ccccc3Sc3ccc(C(F)(F)F)cc32)CC1. The average Bonchev–Trinajstić information content (AvgIpc) is 3.23. The molecule has 344 valence electrons. The first-order valence-electron chi connectivity index (χ1n) is 20.6. The third kappa shape index (κ3) is 11.0. The lowest BCUT2D eigenvalue weighted by Crippen LogP contribution is -2.47. The van der Waals surface area contributed by atoms with Gasteiger partial charge >= 0.3 is 11.8 Å². The van der Waals surface area contributed by atoms with Gasteiger partial charge in [0, 0.05) is 54.6 Å². The number of phenols is 1. The van der Waals surface area contributed by atoms with E-state index in [0.717, 1.165) is 65.8 Å². The Balaban J connectivity index is 0.000000234. The number of aromatic hydroxyl groups is 2. The molecule has 0 unspecified atom stereocenters. The number of hydrogen-bond acceptors (Lipinski definition) is 11. The average molecular weight is 945 g/mol. The van der Waals surface area contributed by atoms with Gasteiger partial charge in [-0.2, -0.15) is 13.2 Å². The van der Waals surface area contributed by atoms with E-state index in [2.05, 4.69) is 15.9 Å². The van der Waals surface area contributed by atoms with Gasteiger partial charge in [-0.25, -0.2) is 4.79 Å². The minimum Gasteiger partial charge on any atom is -0.508 e. The van der Waals surface area contributed by atoms with Crippen LogP contribution in [0.3, 0.4) is 0 Å². The van der Waals surface area contributed by atoms with Crippen LogP contribution in [0.15, 0.2) is 103 Å². The van der Waals surface area contributed by atoms with Gasteiger partial charge < -0.3 is 39.0 Å².